The van der Waals surface area contributed by atoms with Gasteiger partial charge in [-0.3, -0.25) is 9.69 Å². The number of likely N-dealkylation sites (tertiary alicyclic amines) is 1. The molecule has 2 aromatic rings. The van der Waals surface area contributed by atoms with Crippen LogP contribution >= 0.6 is 11.3 Å². The fourth-order valence-corrected chi connectivity index (χ4v) is 5.07. The van der Waals surface area contributed by atoms with E-state index < -0.39 is 11.9 Å². The first-order valence-corrected chi connectivity index (χ1v) is 11.2. The third-order valence-electron chi connectivity index (χ3n) is 5.45. The fraction of sp³-hybridized carbons (Fsp3) is 0.619. The number of carbonyl (C=O) groups excluding carboxylic acids is 1. The first-order chi connectivity index (χ1) is 14.3. The summed E-state index contributed by atoms with van der Waals surface area (Å²) in [6, 6.07) is 3.67. The van der Waals surface area contributed by atoms with Crippen LogP contribution in [0.15, 0.2) is 16.7 Å². The Bertz CT molecular complexity index is 856. The maximum absolute atomic E-state index is 13.1. The summed E-state index contributed by atoms with van der Waals surface area (Å²) in [6.07, 6.45) is -0.393. The van der Waals surface area contributed by atoms with Gasteiger partial charge < -0.3 is 9.42 Å². The average Bonchev–Trinajstić information content (AvgIpc) is 3.33. The van der Waals surface area contributed by atoms with Gasteiger partial charge in [0.1, 0.15) is 5.69 Å². The van der Waals surface area contributed by atoms with Crippen molar-refractivity contribution >= 4 is 17.2 Å². The van der Waals surface area contributed by atoms with Gasteiger partial charge in [0, 0.05) is 24.7 Å². The van der Waals surface area contributed by atoms with Gasteiger partial charge in [0.15, 0.2) is 0 Å². The molecule has 3 heterocycles. The number of alkyl halides is 3. The van der Waals surface area contributed by atoms with Crippen molar-refractivity contribution in [2.45, 2.75) is 58.7 Å². The van der Waals surface area contributed by atoms with Crippen LogP contribution in [0.5, 0.6) is 0 Å². The van der Waals surface area contributed by atoms with Crippen LogP contribution in [0.1, 0.15) is 60.5 Å². The van der Waals surface area contributed by atoms with Gasteiger partial charge in [0.25, 0.3) is 5.91 Å². The maximum Gasteiger partial charge on any atom is 0.452 e. The molecule has 1 aliphatic heterocycles. The van der Waals surface area contributed by atoms with Crippen LogP contribution in [0, 0.1) is 6.92 Å². The second-order valence-corrected chi connectivity index (χ2v) is 8.81. The lowest BCUT2D eigenvalue weighted by Crippen LogP contribution is -2.50. The number of hydrogen-bond acceptors (Lipinski definition) is 5. The molecule has 0 saturated carbocycles. The van der Waals surface area contributed by atoms with Crippen molar-refractivity contribution in [1.82, 2.24) is 15.0 Å². The van der Waals surface area contributed by atoms with E-state index in [0.29, 0.717) is 28.9 Å². The molecule has 1 unspecified atom stereocenters. The van der Waals surface area contributed by atoms with Crippen molar-refractivity contribution in [3.05, 3.63) is 28.3 Å². The molecule has 0 spiro atoms. The lowest BCUT2D eigenvalue weighted by atomic mass is 10.0. The topological polar surface area (TPSA) is 49.6 Å². The lowest BCUT2D eigenvalue weighted by Gasteiger charge is -2.39. The first kappa shape index (κ1) is 22.8. The van der Waals surface area contributed by atoms with E-state index >= 15 is 0 Å². The van der Waals surface area contributed by atoms with Gasteiger partial charge in [0.2, 0.25) is 5.76 Å². The van der Waals surface area contributed by atoms with Crippen LogP contribution in [0.4, 0.5) is 13.2 Å². The summed E-state index contributed by atoms with van der Waals surface area (Å²) >= 11 is 1.16. The smallest absolute Gasteiger partial charge is 0.351 e. The third-order valence-corrected chi connectivity index (χ3v) is 6.53. The van der Waals surface area contributed by atoms with E-state index in [2.05, 4.69) is 28.4 Å². The molecule has 166 valence electrons. The molecule has 0 aromatic carbocycles. The third kappa shape index (κ3) is 4.88. The van der Waals surface area contributed by atoms with Crippen LogP contribution in [0.3, 0.4) is 0 Å². The molecular weight excluding hydrogens is 415 g/mol. The summed E-state index contributed by atoms with van der Waals surface area (Å²) in [5, 5.41) is 3.60. The van der Waals surface area contributed by atoms with E-state index in [4.69, 9.17) is 0 Å². The molecule has 1 saturated heterocycles. The number of halogens is 3. The van der Waals surface area contributed by atoms with Crippen molar-refractivity contribution < 1.29 is 22.5 Å². The highest BCUT2D eigenvalue weighted by atomic mass is 32.1. The van der Waals surface area contributed by atoms with E-state index in [9.17, 15) is 18.0 Å². The fourth-order valence-electron chi connectivity index (χ4n) is 4.05. The quantitative estimate of drug-likeness (QED) is 0.570. The summed E-state index contributed by atoms with van der Waals surface area (Å²) in [7, 11) is 0. The largest absolute Gasteiger partial charge is 0.452 e. The van der Waals surface area contributed by atoms with E-state index in [1.54, 1.807) is 12.1 Å². The molecule has 0 radical (unpaired) electrons. The molecule has 0 aliphatic carbocycles. The number of thiophene rings is 1. The van der Waals surface area contributed by atoms with Gasteiger partial charge in [0.05, 0.1) is 9.75 Å². The van der Waals surface area contributed by atoms with Crippen molar-refractivity contribution in [1.29, 1.82) is 0 Å². The normalized spacial score (nSPS) is 17.7. The molecule has 0 bridgehead atoms. The highest BCUT2D eigenvalue weighted by Crippen LogP contribution is 2.38. The van der Waals surface area contributed by atoms with Gasteiger partial charge >= 0.3 is 6.18 Å². The molecule has 5 nitrogen and oxygen atoms in total. The van der Waals surface area contributed by atoms with E-state index in [1.165, 1.54) is 6.92 Å². The minimum atomic E-state index is -4.59. The second-order valence-electron chi connectivity index (χ2n) is 7.73. The predicted octanol–water partition coefficient (Wildman–Crippen LogP) is 5.46. The monoisotopic (exact) mass is 443 g/mol. The first-order valence-electron chi connectivity index (χ1n) is 10.4. The molecule has 1 atom stereocenters. The Balaban J connectivity index is 1.74. The Labute approximate surface area is 178 Å². The van der Waals surface area contributed by atoms with Gasteiger partial charge in [-0.2, -0.15) is 13.2 Å². The van der Waals surface area contributed by atoms with Crippen LogP contribution in [-0.4, -0.2) is 53.1 Å². The second kappa shape index (κ2) is 9.51. The number of aromatic nitrogens is 1. The van der Waals surface area contributed by atoms with Crippen LogP contribution in [0.2, 0.25) is 0 Å². The molecule has 1 aliphatic rings. The SMILES string of the molecule is CCCN(CCC)C1CCCN(C(=O)c2ccc(-c3noc(C(F)(F)F)c3C)s2)C1. The van der Waals surface area contributed by atoms with Crippen molar-refractivity contribution in [2.24, 2.45) is 0 Å². The van der Waals surface area contributed by atoms with Gasteiger partial charge in [-0.1, -0.05) is 19.0 Å². The minimum Gasteiger partial charge on any atom is -0.351 e. The van der Waals surface area contributed by atoms with Crippen molar-refractivity contribution in [2.75, 3.05) is 26.2 Å². The van der Waals surface area contributed by atoms with Crippen LogP contribution < -0.4 is 0 Å². The highest BCUT2D eigenvalue weighted by molar-refractivity contribution is 7.17. The van der Waals surface area contributed by atoms with Crippen LogP contribution in [0.25, 0.3) is 10.6 Å². The molecule has 1 fully saturated rings. The average molecular weight is 444 g/mol. The number of hydrogen-bond donors (Lipinski definition) is 0. The highest BCUT2D eigenvalue weighted by Gasteiger charge is 2.39. The predicted molar refractivity (Wildman–Crippen MR) is 111 cm³/mol. The zero-order valence-electron chi connectivity index (χ0n) is 17.6. The summed E-state index contributed by atoms with van der Waals surface area (Å²) in [6.45, 7) is 9.10. The zero-order chi connectivity index (χ0) is 21.9. The number of nitrogens with zero attached hydrogens (tertiary/aromatic N) is 3. The summed E-state index contributed by atoms with van der Waals surface area (Å²) in [5.41, 5.74) is 0.0797. The van der Waals surface area contributed by atoms with Gasteiger partial charge in [-0.25, -0.2) is 0 Å². The Kier molecular flexibility index (Phi) is 7.23. The number of piperidine rings is 1. The Morgan fingerprint density at radius 2 is 2.00 bits per heavy atom. The molecule has 9 heteroatoms. The molecule has 0 N–H and O–H groups in total. The zero-order valence-corrected chi connectivity index (χ0v) is 18.4. The summed E-state index contributed by atoms with van der Waals surface area (Å²) < 4.78 is 43.4. The maximum atomic E-state index is 13.1. The van der Waals surface area contributed by atoms with Gasteiger partial charge in [-0.05, 0) is 57.8 Å². The molecule has 2 aromatic heterocycles. The lowest BCUT2D eigenvalue weighted by molar-refractivity contribution is -0.156. The van der Waals surface area contributed by atoms with E-state index in [1.807, 2.05) is 4.90 Å². The summed E-state index contributed by atoms with van der Waals surface area (Å²) in [5.74, 6) is -1.16. The molecular formula is C21H28F3N3O2S. The molecule has 3 rings (SSSR count). The van der Waals surface area contributed by atoms with Crippen LogP contribution in [-0.2, 0) is 6.18 Å². The van der Waals surface area contributed by atoms with Crippen molar-refractivity contribution in [3.63, 3.8) is 0 Å². The molecule has 30 heavy (non-hydrogen) atoms. The molecule has 1 amide bonds. The number of rotatable bonds is 7. The standard InChI is InChI=1S/C21H28F3N3O2S/c1-4-10-26(11-5-2)15-7-6-12-27(13-15)20(28)17-9-8-16(30-17)18-14(3)19(29-25-18)21(22,23)24/h8-9,15H,4-7,10-13H2,1-3H3. The van der Waals surface area contributed by atoms with Gasteiger partial charge in [-0.15, -0.1) is 11.3 Å². The van der Waals surface area contributed by atoms with Crippen molar-refractivity contribution in [3.8, 4) is 10.6 Å². The minimum absolute atomic E-state index is 0.0591. The Morgan fingerprint density at radius 1 is 1.30 bits per heavy atom. The van der Waals surface area contributed by atoms with E-state index in [0.717, 1.165) is 50.1 Å². The Hall–Kier alpha value is -1.87. The number of amides is 1. The van der Waals surface area contributed by atoms with E-state index in [-0.39, 0.29) is 17.2 Å². The number of carbonyl (C=O) groups is 1. The Morgan fingerprint density at radius 3 is 2.60 bits per heavy atom. The summed E-state index contributed by atoms with van der Waals surface area (Å²) in [4.78, 5) is 18.4.